The second-order valence-electron chi connectivity index (χ2n) is 2.68. The van der Waals surface area contributed by atoms with E-state index in [9.17, 15) is 4.39 Å². The van der Waals surface area contributed by atoms with Crippen LogP contribution in [0.2, 0.25) is 0 Å². The topological polar surface area (TPSA) is 0 Å². The van der Waals surface area contributed by atoms with E-state index < -0.39 is 0 Å². The summed E-state index contributed by atoms with van der Waals surface area (Å²) in [6.45, 7) is 2.07. The lowest BCUT2D eigenvalue weighted by atomic mass is 10.2. The molecule has 0 saturated heterocycles. The van der Waals surface area contributed by atoms with E-state index in [-0.39, 0.29) is 5.82 Å². The van der Waals surface area contributed by atoms with Crippen LogP contribution in [0.1, 0.15) is 25.3 Å². The van der Waals surface area contributed by atoms with E-state index in [1.165, 1.54) is 6.07 Å². The predicted octanol–water partition coefficient (Wildman–Crippen LogP) is 3.74. The molecule has 0 aromatic heterocycles. The highest BCUT2D eigenvalue weighted by Gasteiger charge is 1.97. The van der Waals surface area contributed by atoms with E-state index in [0.29, 0.717) is 4.47 Å². The van der Waals surface area contributed by atoms with E-state index in [1.54, 1.807) is 12.1 Å². The lowest BCUT2D eigenvalue weighted by molar-refractivity contribution is 0.620. The van der Waals surface area contributed by atoms with Crippen LogP contribution in [0.4, 0.5) is 4.39 Å². The Balaban J connectivity index is 2.81. The van der Waals surface area contributed by atoms with Gasteiger partial charge >= 0.3 is 0 Å². The minimum atomic E-state index is -0.261. The highest BCUT2D eigenvalue weighted by atomic mass is 79.9. The Kier molecular flexibility index (Phi) is 3.98. The first kappa shape index (κ1) is 10.3. The Bertz CT molecular complexity index is 347. The minimum absolute atomic E-state index is 0.261. The molecule has 0 bridgehead atoms. The molecule has 1 rings (SSSR count). The fraction of sp³-hybridized carbons (Fsp3) is 0.273. The van der Waals surface area contributed by atoms with Crippen LogP contribution in [0.5, 0.6) is 0 Å². The molecule has 0 heterocycles. The first-order valence-electron chi connectivity index (χ1n) is 4.18. The van der Waals surface area contributed by atoms with E-state index >= 15 is 0 Å². The molecule has 0 fully saturated rings. The molecular formula is C11H10BrF. The summed E-state index contributed by atoms with van der Waals surface area (Å²) in [4.78, 5) is 0. The van der Waals surface area contributed by atoms with Gasteiger partial charge in [0.15, 0.2) is 0 Å². The van der Waals surface area contributed by atoms with Crippen LogP contribution in [0.15, 0.2) is 22.7 Å². The Morgan fingerprint density at radius 3 is 2.85 bits per heavy atom. The average molecular weight is 241 g/mol. The van der Waals surface area contributed by atoms with Gasteiger partial charge in [0.25, 0.3) is 0 Å². The van der Waals surface area contributed by atoms with Crippen molar-refractivity contribution in [3.05, 3.63) is 34.1 Å². The molecule has 0 saturated carbocycles. The molecule has 0 unspecified atom stereocenters. The van der Waals surface area contributed by atoms with Crippen LogP contribution in [0.25, 0.3) is 0 Å². The van der Waals surface area contributed by atoms with Crippen molar-refractivity contribution in [1.82, 2.24) is 0 Å². The number of hydrogen-bond donors (Lipinski definition) is 0. The second kappa shape index (κ2) is 5.04. The number of hydrogen-bond acceptors (Lipinski definition) is 0. The molecule has 1 aromatic carbocycles. The van der Waals surface area contributed by atoms with Crippen LogP contribution in [0.3, 0.4) is 0 Å². The van der Waals surface area contributed by atoms with Gasteiger partial charge in [-0.15, -0.1) is 0 Å². The Morgan fingerprint density at radius 1 is 1.46 bits per heavy atom. The molecule has 0 spiro atoms. The number of benzene rings is 1. The smallest absolute Gasteiger partial charge is 0.138 e. The zero-order valence-electron chi connectivity index (χ0n) is 7.40. The summed E-state index contributed by atoms with van der Waals surface area (Å²) < 4.78 is 13.5. The zero-order chi connectivity index (χ0) is 9.68. The zero-order valence-corrected chi connectivity index (χ0v) is 8.99. The predicted molar refractivity (Wildman–Crippen MR) is 55.9 cm³/mol. The summed E-state index contributed by atoms with van der Waals surface area (Å²) >= 11 is 3.09. The van der Waals surface area contributed by atoms with Gasteiger partial charge in [-0.1, -0.05) is 18.8 Å². The average Bonchev–Trinajstić information content (AvgIpc) is 2.12. The minimum Gasteiger partial charge on any atom is -0.206 e. The lowest BCUT2D eigenvalue weighted by Crippen LogP contribution is -1.79. The third-order valence-electron chi connectivity index (χ3n) is 1.53. The van der Waals surface area contributed by atoms with Gasteiger partial charge < -0.3 is 0 Å². The summed E-state index contributed by atoms with van der Waals surface area (Å²) in [5, 5.41) is 0. The van der Waals surface area contributed by atoms with Gasteiger partial charge in [-0.05, 0) is 40.5 Å². The van der Waals surface area contributed by atoms with Gasteiger partial charge in [-0.3, -0.25) is 0 Å². The van der Waals surface area contributed by atoms with Crippen molar-refractivity contribution in [3.63, 3.8) is 0 Å². The molecule has 0 aliphatic carbocycles. The lowest BCUT2D eigenvalue weighted by Gasteiger charge is -1.93. The first-order chi connectivity index (χ1) is 6.24. The quantitative estimate of drug-likeness (QED) is 0.657. The summed E-state index contributed by atoms with van der Waals surface area (Å²) in [5.41, 5.74) is 0.731. The fourth-order valence-corrected chi connectivity index (χ4v) is 1.11. The van der Waals surface area contributed by atoms with Crippen LogP contribution in [-0.2, 0) is 0 Å². The van der Waals surface area contributed by atoms with E-state index in [4.69, 9.17) is 0 Å². The van der Waals surface area contributed by atoms with Crippen LogP contribution < -0.4 is 0 Å². The molecule has 2 heteroatoms. The van der Waals surface area contributed by atoms with Crippen LogP contribution in [0, 0.1) is 17.7 Å². The highest BCUT2D eigenvalue weighted by Crippen LogP contribution is 2.15. The molecule has 0 atom stereocenters. The standard InChI is InChI=1S/C11H10BrF/c1-2-3-4-5-9-6-7-10(12)11(13)8-9/h6-8H,2-3H2,1H3. The van der Waals surface area contributed by atoms with Crippen LogP contribution >= 0.6 is 15.9 Å². The highest BCUT2D eigenvalue weighted by molar-refractivity contribution is 9.10. The largest absolute Gasteiger partial charge is 0.206 e. The summed E-state index contributed by atoms with van der Waals surface area (Å²) in [7, 11) is 0. The molecule has 0 amide bonds. The summed E-state index contributed by atoms with van der Waals surface area (Å²) in [5.74, 6) is 5.61. The molecule has 0 radical (unpaired) electrons. The van der Waals surface area contributed by atoms with Crippen molar-refractivity contribution in [3.8, 4) is 11.8 Å². The van der Waals surface area contributed by atoms with Crippen molar-refractivity contribution in [2.24, 2.45) is 0 Å². The first-order valence-corrected chi connectivity index (χ1v) is 4.97. The third-order valence-corrected chi connectivity index (χ3v) is 2.17. The maximum atomic E-state index is 13.0. The molecule has 1 aromatic rings. The van der Waals surface area contributed by atoms with Gasteiger partial charge in [0.05, 0.1) is 4.47 Å². The molecule has 0 aliphatic rings. The Labute approximate surface area is 86.3 Å². The number of halogens is 2. The van der Waals surface area contributed by atoms with Crippen molar-refractivity contribution in [2.45, 2.75) is 19.8 Å². The van der Waals surface area contributed by atoms with Gasteiger partial charge in [0.1, 0.15) is 5.82 Å². The Hall–Kier alpha value is -0.810. The molecule has 0 aliphatic heterocycles. The fourth-order valence-electron chi connectivity index (χ4n) is 0.863. The van der Waals surface area contributed by atoms with E-state index in [1.807, 2.05) is 0 Å². The van der Waals surface area contributed by atoms with E-state index in [0.717, 1.165) is 18.4 Å². The maximum absolute atomic E-state index is 13.0. The SMILES string of the molecule is CCCC#Cc1ccc(Br)c(F)c1. The van der Waals surface area contributed by atoms with Gasteiger partial charge in [0, 0.05) is 12.0 Å². The maximum Gasteiger partial charge on any atom is 0.138 e. The van der Waals surface area contributed by atoms with Gasteiger partial charge in [-0.25, -0.2) is 4.39 Å². The number of rotatable bonds is 1. The molecule has 68 valence electrons. The van der Waals surface area contributed by atoms with Crippen molar-refractivity contribution in [1.29, 1.82) is 0 Å². The van der Waals surface area contributed by atoms with E-state index in [2.05, 4.69) is 34.7 Å². The van der Waals surface area contributed by atoms with Crippen molar-refractivity contribution >= 4 is 15.9 Å². The van der Waals surface area contributed by atoms with Gasteiger partial charge in [0.2, 0.25) is 0 Å². The molecule has 0 N–H and O–H groups in total. The monoisotopic (exact) mass is 240 g/mol. The summed E-state index contributed by atoms with van der Waals surface area (Å²) in [6, 6.07) is 4.91. The molecule has 0 nitrogen and oxygen atoms in total. The molecular weight excluding hydrogens is 231 g/mol. The summed E-state index contributed by atoms with van der Waals surface area (Å²) in [6.07, 6.45) is 1.89. The Morgan fingerprint density at radius 2 is 2.23 bits per heavy atom. The second-order valence-corrected chi connectivity index (χ2v) is 3.54. The van der Waals surface area contributed by atoms with Crippen molar-refractivity contribution < 1.29 is 4.39 Å². The third kappa shape index (κ3) is 3.20. The van der Waals surface area contributed by atoms with Gasteiger partial charge in [-0.2, -0.15) is 0 Å². The van der Waals surface area contributed by atoms with Crippen molar-refractivity contribution in [2.75, 3.05) is 0 Å². The molecule has 13 heavy (non-hydrogen) atoms. The normalized spacial score (nSPS) is 9.15. The van der Waals surface area contributed by atoms with Crippen LogP contribution in [-0.4, -0.2) is 0 Å². The number of unbranched alkanes of at least 4 members (excludes halogenated alkanes) is 1.